The summed E-state index contributed by atoms with van der Waals surface area (Å²) in [5, 5.41) is 7.63. The molecule has 0 aromatic carbocycles. The quantitative estimate of drug-likeness (QED) is 0.872. The van der Waals surface area contributed by atoms with Gasteiger partial charge in [0.05, 0.1) is 6.61 Å². The molecule has 0 aliphatic carbocycles. The number of hydrogen-bond donors (Lipinski definition) is 1. The second kappa shape index (κ2) is 4.71. The molecule has 1 N–H and O–H groups in total. The molecule has 0 spiro atoms. The molecule has 2 aromatic heterocycles. The maximum Gasteiger partial charge on any atom is 0.243 e. The average Bonchev–Trinajstić information content (AvgIpc) is 2.80. The zero-order valence-corrected chi connectivity index (χ0v) is 9.67. The number of anilines is 1. The predicted molar refractivity (Wildman–Crippen MR) is 65.0 cm³/mol. The van der Waals surface area contributed by atoms with E-state index in [0.717, 1.165) is 31.8 Å². The van der Waals surface area contributed by atoms with Crippen LogP contribution in [0, 0.1) is 5.92 Å². The Morgan fingerprint density at radius 1 is 1.47 bits per heavy atom. The van der Waals surface area contributed by atoms with E-state index in [1.54, 1.807) is 4.52 Å². The Bertz CT molecular complexity index is 457. The Balaban J connectivity index is 1.64. The lowest BCUT2D eigenvalue weighted by Gasteiger charge is -2.21. The van der Waals surface area contributed by atoms with E-state index < -0.39 is 0 Å². The van der Waals surface area contributed by atoms with Crippen LogP contribution in [-0.2, 0) is 4.74 Å². The molecule has 90 valence electrons. The third-order valence-corrected chi connectivity index (χ3v) is 3.04. The van der Waals surface area contributed by atoms with E-state index in [2.05, 4.69) is 15.4 Å². The zero-order chi connectivity index (χ0) is 11.5. The van der Waals surface area contributed by atoms with Gasteiger partial charge in [0, 0.05) is 19.3 Å². The molecule has 17 heavy (non-hydrogen) atoms. The fraction of sp³-hybridized carbons (Fsp3) is 0.500. The zero-order valence-electron chi connectivity index (χ0n) is 9.67. The molecular weight excluding hydrogens is 216 g/mol. The molecule has 5 heteroatoms. The maximum absolute atomic E-state index is 5.44. The Hall–Kier alpha value is -1.62. The highest BCUT2D eigenvalue weighted by molar-refractivity contribution is 5.42. The topological polar surface area (TPSA) is 51.5 Å². The first-order valence-electron chi connectivity index (χ1n) is 6.05. The number of rotatable bonds is 3. The highest BCUT2D eigenvalue weighted by Crippen LogP contribution is 2.14. The van der Waals surface area contributed by atoms with E-state index >= 15 is 0 Å². The van der Waals surface area contributed by atoms with Gasteiger partial charge < -0.3 is 10.1 Å². The van der Waals surface area contributed by atoms with Crippen molar-refractivity contribution in [2.75, 3.05) is 25.1 Å². The number of ether oxygens (including phenoxy) is 1. The molecule has 2 aromatic rings. The second-order valence-corrected chi connectivity index (χ2v) is 4.40. The van der Waals surface area contributed by atoms with Gasteiger partial charge in [-0.05, 0) is 30.9 Å². The van der Waals surface area contributed by atoms with Gasteiger partial charge in [0.2, 0.25) is 5.95 Å². The van der Waals surface area contributed by atoms with Crippen molar-refractivity contribution in [3.63, 3.8) is 0 Å². The van der Waals surface area contributed by atoms with Gasteiger partial charge in [-0.3, -0.25) is 0 Å². The molecule has 1 saturated heterocycles. The molecule has 0 amide bonds. The number of aromatic nitrogens is 3. The van der Waals surface area contributed by atoms with Gasteiger partial charge in [0.1, 0.15) is 0 Å². The summed E-state index contributed by atoms with van der Waals surface area (Å²) in [6.07, 6.45) is 4.28. The van der Waals surface area contributed by atoms with Crippen LogP contribution in [0.1, 0.15) is 12.8 Å². The van der Waals surface area contributed by atoms with E-state index in [9.17, 15) is 0 Å². The Labute approximate surface area is 99.8 Å². The molecule has 5 nitrogen and oxygen atoms in total. The third-order valence-electron chi connectivity index (χ3n) is 3.04. The average molecular weight is 232 g/mol. The summed E-state index contributed by atoms with van der Waals surface area (Å²) >= 11 is 0. The smallest absolute Gasteiger partial charge is 0.243 e. The van der Waals surface area contributed by atoms with Gasteiger partial charge in [-0.1, -0.05) is 6.07 Å². The number of pyridine rings is 1. The number of hydrogen-bond acceptors (Lipinski definition) is 4. The second-order valence-electron chi connectivity index (χ2n) is 4.40. The highest BCUT2D eigenvalue weighted by atomic mass is 16.5. The lowest BCUT2D eigenvalue weighted by atomic mass is 10.0. The summed E-state index contributed by atoms with van der Waals surface area (Å²) in [6.45, 7) is 2.64. The third kappa shape index (κ3) is 2.39. The molecule has 3 heterocycles. The number of fused-ring (bicyclic) bond motifs is 1. The molecular formula is C12H16N4O. The minimum atomic E-state index is 0.579. The van der Waals surface area contributed by atoms with Crippen LogP contribution in [0.5, 0.6) is 0 Å². The van der Waals surface area contributed by atoms with Crippen molar-refractivity contribution < 1.29 is 4.74 Å². The van der Waals surface area contributed by atoms with Crippen molar-refractivity contribution in [2.45, 2.75) is 12.8 Å². The summed E-state index contributed by atoms with van der Waals surface area (Å²) < 4.78 is 7.22. The molecule has 0 radical (unpaired) electrons. The van der Waals surface area contributed by atoms with Gasteiger partial charge in [-0.15, -0.1) is 5.10 Å². The van der Waals surface area contributed by atoms with Gasteiger partial charge in [-0.2, -0.15) is 4.98 Å². The summed E-state index contributed by atoms with van der Waals surface area (Å²) in [6, 6.07) is 5.85. The van der Waals surface area contributed by atoms with Crippen LogP contribution < -0.4 is 5.32 Å². The molecule has 1 atom stereocenters. The van der Waals surface area contributed by atoms with Crippen LogP contribution in [-0.4, -0.2) is 34.4 Å². The van der Waals surface area contributed by atoms with Crippen LogP contribution in [0.2, 0.25) is 0 Å². The maximum atomic E-state index is 5.44. The number of nitrogens with zero attached hydrogens (tertiary/aromatic N) is 3. The van der Waals surface area contributed by atoms with Gasteiger partial charge in [0.15, 0.2) is 5.65 Å². The molecule has 1 fully saturated rings. The lowest BCUT2D eigenvalue weighted by molar-refractivity contribution is 0.0594. The van der Waals surface area contributed by atoms with Gasteiger partial charge >= 0.3 is 0 Å². The van der Waals surface area contributed by atoms with Crippen molar-refractivity contribution in [1.29, 1.82) is 0 Å². The van der Waals surface area contributed by atoms with Crippen LogP contribution in [0.4, 0.5) is 5.95 Å². The molecule has 1 aliphatic rings. The van der Waals surface area contributed by atoms with Crippen LogP contribution in [0.25, 0.3) is 5.65 Å². The molecule has 0 saturated carbocycles. The first-order chi connectivity index (χ1) is 8.42. The largest absolute Gasteiger partial charge is 0.381 e. The highest BCUT2D eigenvalue weighted by Gasteiger charge is 2.14. The van der Waals surface area contributed by atoms with Crippen LogP contribution in [0.3, 0.4) is 0 Å². The molecule has 1 unspecified atom stereocenters. The van der Waals surface area contributed by atoms with E-state index in [-0.39, 0.29) is 0 Å². The van der Waals surface area contributed by atoms with E-state index in [0.29, 0.717) is 11.9 Å². The van der Waals surface area contributed by atoms with Crippen LogP contribution in [0.15, 0.2) is 24.4 Å². The fourth-order valence-corrected chi connectivity index (χ4v) is 2.11. The molecule has 1 aliphatic heterocycles. The standard InChI is InChI=1S/C12H16N4O/c1-2-6-16-11(5-1)14-12(15-16)13-8-10-4-3-7-17-9-10/h1-2,5-6,10H,3-4,7-9H2,(H,13,15). The van der Waals surface area contributed by atoms with Crippen molar-refractivity contribution in [1.82, 2.24) is 14.6 Å². The minimum absolute atomic E-state index is 0.579. The van der Waals surface area contributed by atoms with Crippen molar-refractivity contribution in [3.8, 4) is 0 Å². The monoisotopic (exact) mass is 232 g/mol. The van der Waals surface area contributed by atoms with E-state index in [1.807, 2.05) is 24.4 Å². The number of nitrogens with one attached hydrogen (secondary N) is 1. The fourth-order valence-electron chi connectivity index (χ4n) is 2.11. The van der Waals surface area contributed by atoms with Gasteiger partial charge in [-0.25, -0.2) is 4.52 Å². The predicted octanol–water partition coefficient (Wildman–Crippen LogP) is 1.57. The van der Waals surface area contributed by atoms with Crippen LogP contribution >= 0.6 is 0 Å². The molecule has 3 rings (SSSR count). The van der Waals surface area contributed by atoms with Gasteiger partial charge in [0.25, 0.3) is 0 Å². The normalized spacial score (nSPS) is 20.6. The molecule has 0 bridgehead atoms. The Morgan fingerprint density at radius 3 is 3.29 bits per heavy atom. The van der Waals surface area contributed by atoms with Crippen molar-refractivity contribution >= 4 is 11.6 Å². The SMILES string of the molecule is c1ccn2nc(NCC3CCCOC3)nc2c1. The summed E-state index contributed by atoms with van der Waals surface area (Å²) in [7, 11) is 0. The minimum Gasteiger partial charge on any atom is -0.381 e. The lowest BCUT2D eigenvalue weighted by Crippen LogP contribution is -2.24. The van der Waals surface area contributed by atoms with Crippen molar-refractivity contribution in [3.05, 3.63) is 24.4 Å². The first kappa shape index (κ1) is 10.5. The first-order valence-corrected chi connectivity index (χ1v) is 6.05. The summed E-state index contributed by atoms with van der Waals surface area (Å²) in [4.78, 5) is 4.40. The summed E-state index contributed by atoms with van der Waals surface area (Å²) in [5.41, 5.74) is 0.870. The summed E-state index contributed by atoms with van der Waals surface area (Å²) in [5.74, 6) is 1.28. The van der Waals surface area contributed by atoms with E-state index in [1.165, 1.54) is 6.42 Å². The van der Waals surface area contributed by atoms with E-state index in [4.69, 9.17) is 4.74 Å². The van der Waals surface area contributed by atoms with Crippen molar-refractivity contribution in [2.24, 2.45) is 5.92 Å². The Kier molecular flexibility index (Phi) is 2.92. The Morgan fingerprint density at radius 2 is 2.47 bits per heavy atom.